The molecule has 1 amide bonds. The molecule has 5 nitrogen and oxygen atoms in total. The zero-order chi connectivity index (χ0) is 13.0. The number of aryl methyl sites for hydroxylation is 1. The summed E-state index contributed by atoms with van der Waals surface area (Å²) >= 11 is 0. The van der Waals surface area contributed by atoms with E-state index in [1.54, 1.807) is 12.3 Å². The molecule has 1 aromatic carbocycles. The van der Waals surface area contributed by atoms with Crippen LogP contribution < -0.4 is 11.1 Å². The predicted molar refractivity (Wildman–Crippen MR) is 68.7 cm³/mol. The van der Waals surface area contributed by atoms with Crippen molar-refractivity contribution in [3.8, 4) is 0 Å². The van der Waals surface area contributed by atoms with Gasteiger partial charge in [-0.25, -0.2) is 4.98 Å². The van der Waals surface area contributed by atoms with Crippen molar-refractivity contribution < 1.29 is 4.79 Å². The van der Waals surface area contributed by atoms with E-state index in [9.17, 15) is 4.79 Å². The number of hydrogen-bond donors (Lipinski definition) is 2. The Kier molecular flexibility index (Phi) is 3.74. The zero-order valence-electron chi connectivity index (χ0n) is 10.3. The van der Waals surface area contributed by atoms with E-state index in [1.165, 1.54) is 0 Å². The van der Waals surface area contributed by atoms with Gasteiger partial charge in [0, 0.05) is 31.5 Å². The molecule has 0 bridgehead atoms. The predicted octanol–water partition coefficient (Wildman–Crippen LogP) is 0.809. The lowest BCUT2D eigenvalue weighted by molar-refractivity contribution is 0.0948. The van der Waals surface area contributed by atoms with Gasteiger partial charge in [-0.3, -0.25) is 4.79 Å². The normalized spacial score (nSPS) is 10.3. The van der Waals surface area contributed by atoms with E-state index in [1.807, 2.05) is 36.0 Å². The molecule has 0 unspecified atom stereocenters. The number of benzene rings is 1. The molecule has 0 saturated heterocycles. The third-order valence-electron chi connectivity index (χ3n) is 2.81. The summed E-state index contributed by atoms with van der Waals surface area (Å²) in [7, 11) is 1.89. The number of carbonyl (C=O) groups excluding carboxylic acids is 1. The fraction of sp³-hybridized carbons (Fsp3) is 0.231. The first kappa shape index (κ1) is 12.3. The maximum atomic E-state index is 12.0. The molecule has 3 N–H and O–H groups in total. The lowest BCUT2D eigenvalue weighted by Crippen LogP contribution is -2.25. The van der Waals surface area contributed by atoms with E-state index in [4.69, 9.17) is 5.73 Å². The smallest absolute Gasteiger partial charge is 0.251 e. The van der Waals surface area contributed by atoms with Crippen molar-refractivity contribution in [2.24, 2.45) is 12.8 Å². The minimum atomic E-state index is -0.126. The highest BCUT2D eigenvalue weighted by molar-refractivity contribution is 5.95. The maximum absolute atomic E-state index is 12.0. The standard InChI is InChI=1S/C13H16N4O/c1-17-7-6-15-12(17)9-16-13(18)11-5-3-2-4-10(11)8-14/h2-7H,8-9,14H2,1H3,(H,16,18). The van der Waals surface area contributed by atoms with E-state index in [-0.39, 0.29) is 5.91 Å². The van der Waals surface area contributed by atoms with Crippen LogP contribution in [0.1, 0.15) is 21.7 Å². The van der Waals surface area contributed by atoms with Crippen molar-refractivity contribution in [3.63, 3.8) is 0 Å². The summed E-state index contributed by atoms with van der Waals surface area (Å²) < 4.78 is 1.87. The number of nitrogens with zero attached hydrogens (tertiary/aromatic N) is 2. The van der Waals surface area contributed by atoms with Crippen LogP contribution in [0.3, 0.4) is 0 Å². The molecule has 0 aliphatic carbocycles. The molecule has 0 aliphatic rings. The van der Waals surface area contributed by atoms with Gasteiger partial charge in [-0.15, -0.1) is 0 Å². The number of amides is 1. The molecule has 2 rings (SSSR count). The Labute approximate surface area is 106 Å². The van der Waals surface area contributed by atoms with E-state index in [0.717, 1.165) is 11.4 Å². The van der Waals surface area contributed by atoms with Gasteiger partial charge in [0.15, 0.2) is 0 Å². The van der Waals surface area contributed by atoms with Gasteiger partial charge in [-0.2, -0.15) is 0 Å². The summed E-state index contributed by atoms with van der Waals surface area (Å²) in [6.45, 7) is 0.757. The summed E-state index contributed by atoms with van der Waals surface area (Å²) in [6, 6.07) is 7.33. The summed E-state index contributed by atoms with van der Waals surface area (Å²) in [5, 5.41) is 2.84. The first-order chi connectivity index (χ1) is 8.72. The minimum absolute atomic E-state index is 0.126. The Morgan fingerprint density at radius 2 is 2.22 bits per heavy atom. The highest BCUT2D eigenvalue weighted by Gasteiger charge is 2.10. The van der Waals surface area contributed by atoms with Crippen LogP contribution in [0.5, 0.6) is 0 Å². The van der Waals surface area contributed by atoms with Crippen LogP contribution in [0.4, 0.5) is 0 Å². The lowest BCUT2D eigenvalue weighted by atomic mass is 10.1. The van der Waals surface area contributed by atoms with Crippen molar-refractivity contribution in [1.29, 1.82) is 0 Å². The number of nitrogens with two attached hydrogens (primary N) is 1. The molecule has 2 aromatic rings. The van der Waals surface area contributed by atoms with Crippen LogP contribution in [0.25, 0.3) is 0 Å². The van der Waals surface area contributed by atoms with Crippen molar-refractivity contribution in [1.82, 2.24) is 14.9 Å². The molecule has 0 radical (unpaired) electrons. The van der Waals surface area contributed by atoms with Gasteiger partial charge >= 0.3 is 0 Å². The van der Waals surface area contributed by atoms with Crippen LogP contribution in [0, 0.1) is 0 Å². The van der Waals surface area contributed by atoms with E-state index in [2.05, 4.69) is 10.3 Å². The fourth-order valence-corrected chi connectivity index (χ4v) is 1.74. The van der Waals surface area contributed by atoms with Gasteiger partial charge < -0.3 is 15.6 Å². The lowest BCUT2D eigenvalue weighted by Gasteiger charge is -2.08. The van der Waals surface area contributed by atoms with E-state index < -0.39 is 0 Å². The minimum Gasteiger partial charge on any atom is -0.345 e. The fourth-order valence-electron chi connectivity index (χ4n) is 1.74. The van der Waals surface area contributed by atoms with Gasteiger partial charge in [0.05, 0.1) is 6.54 Å². The number of hydrogen-bond acceptors (Lipinski definition) is 3. The Balaban J connectivity index is 2.06. The first-order valence-corrected chi connectivity index (χ1v) is 5.74. The van der Waals surface area contributed by atoms with Crippen molar-refractivity contribution in [3.05, 3.63) is 53.6 Å². The Hall–Kier alpha value is -2.14. The molecular formula is C13H16N4O. The molecule has 0 atom stereocenters. The molecule has 5 heteroatoms. The van der Waals surface area contributed by atoms with Gasteiger partial charge in [0.1, 0.15) is 5.82 Å². The molecule has 1 aromatic heterocycles. The SMILES string of the molecule is Cn1ccnc1CNC(=O)c1ccccc1CN. The Morgan fingerprint density at radius 1 is 1.44 bits per heavy atom. The highest BCUT2D eigenvalue weighted by atomic mass is 16.1. The van der Waals surface area contributed by atoms with Gasteiger partial charge in [-0.05, 0) is 11.6 Å². The summed E-state index contributed by atoms with van der Waals surface area (Å²) in [6.07, 6.45) is 3.55. The van der Waals surface area contributed by atoms with Crippen molar-refractivity contribution >= 4 is 5.91 Å². The highest BCUT2D eigenvalue weighted by Crippen LogP contribution is 2.07. The molecule has 0 aliphatic heterocycles. The topological polar surface area (TPSA) is 72.9 Å². The van der Waals surface area contributed by atoms with Crippen LogP contribution in [-0.4, -0.2) is 15.5 Å². The second-order valence-corrected chi connectivity index (χ2v) is 4.00. The zero-order valence-corrected chi connectivity index (χ0v) is 10.3. The van der Waals surface area contributed by atoms with Gasteiger partial charge in [0.2, 0.25) is 0 Å². The molecule has 0 fully saturated rings. The van der Waals surface area contributed by atoms with Gasteiger partial charge in [0.25, 0.3) is 5.91 Å². The quantitative estimate of drug-likeness (QED) is 0.836. The van der Waals surface area contributed by atoms with Crippen molar-refractivity contribution in [2.45, 2.75) is 13.1 Å². The molecule has 94 valence electrons. The number of imidazole rings is 1. The van der Waals surface area contributed by atoms with E-state index >= 15 is 0 Å². The number of aromatic nitrogens is 2. The first-order valence-electron chi connectivity index (χ1n) is 5.74. The molecule has 18 heavy (non-hydrogen) atoms. The number of carbonyl (C=O) groups is 1. The Morgan fingerprint density at radius 3 is 2.89 bits per heavy atom. The number of rotatable bonds is 4. The summed E-state index contributed by atoms with van der Waals surface area (Å²) in [5.74, 6) is 0.688. The van der Waals surface area contributed by atoms with Crippen LogP contribution in [-0.2, 0) is 20.1 Å². The van der Waals surface area contributed by atoms with Crippen LogP contribution >= 0.6 is 0 Å². The van der Waals surface area contributed by atoms with Crippen molar-refractivity contribution in [2.75, 3.05) is 0 Å². The molecule has 1 heterocycles. The Bertz CT molecular complexity index is 547. The summed E-state index contributed by atoms with van der Waals surface area (Å²) in [4.78, 5) is 16.2. The monoisotopic (exact) mass is 244 g/mol. The summed E-state index contributed by atoms with van der Waals surface area (Å²) in [5.41, 5.74) is 7.07. The second-order valence-electron chi connectivity index (χ2n) is 4.00. The maximum Gasteiger partial charge on any atom is 0.251 e. The average Bonchev–Trinajstić information content (AvgIpc) is 2.81. The van der Waals surface area contributed by atoms with Crippen LogP contribution in [0.2, 0.25) is 0 Å². The third kappa shape index (κ3) is 2.57. The van der Waals surface area contributed by atoms with Gasteiger partial charge in [-0.1, -0.05) is 18.2 Å². The molecular weight excluding hydrogens is 228 g/mol. The average molecular weight is 244 g/mol. The third-order valence-corrected chi connectivity index (χ3v) is 2.81. The molecule has 0 saturated carbocycles. The second kappa shape index (κ2) is 5.46. The number of nitrogens with one attached hydrogen (secondary N) is 1. The largest absolute Gasteiger partial charge is 0.345 e. The van der Waals surface area contributed by atoms with E-state index in [0.29, 0.717) is 18.7 Å². The molecule has 0 spiro atoms. The van der Waals surface area contributed by atoms with Crippen LogP contribution in [0.15, 0.2) is 36.7 Å².